The Bertz CT molecular complexity index is 150. The summed E-state index contributed by atoms with van der Waals surface area (Å²) in [4.78, 5) is 6.08. The van der Waals surface area contributed by atoms with Gasteiger partial charge >= 0.3 is 0 Å². The first-order chi connectivity index (χ1) is 5.66. The Labute approximate surface area is 75.0 Å². The third-order valence-electron chi connectivity index (χ3n) is 1.44. The lowest BCUT2D eigenvalue weighted by Crippen LogP contribution is -2.24. The molecule has 0 bridgehead atoms. The van der Waals surface area contributed by atoms with Crippen molar-refractivity contribution in [2.24, 2.45) is 10.7 Å². The molecule has 0 spiro atoms. The number of nitrogens with two attached hydrogens (primary N) is 1. The number of rotatable bonds is 5. The van der Waals surface area contributed by atoms with E-state index in [1.165, 1.54) is 0 Å². The molecule has 2 N–H and O–H groups in total. The SMILES string of the molecule is C/C=C/N=CN(C)CCC(C)N. The quantitative estimate of drug-likeness (QED) is 0.496. The van der Waals surface area contributed by atoms with Crippen LogP contribution < -0.4 is 5.73 Å². The van der Waals surface area contributed by atoms with Crippen molar-refractivity contribution in [1.82, 2.24) is 4.90 Å². The average Bonchev–Trinajstić information content (AvgIpc) is 2.01. The summed E-state index contributed by atoms with van der Waals surface area (Å²) in [6.07, 6.45) is 6.47. The highest BCUT2D eigenvalue weighted by Gasteiger charge is 1.95. The van der Waals surface area contributed by atoms with Gasteiger partial charge in [0.15, 0.2) is 0 Å². The van der Waals surface area contributed by atoms with E-state index >= 15 is 0 Å². The molecule has 0 radical (unpaired) electrons. The lowest BCUT2D eigenvalue weighted by Gasteiger charge is -2.13. The lowest BCUT2D eigenvalue weighted by atomic mass is 10.2. The van der Waals surface area contributed by atoms with Crippen LogP contribution in [-0.2, 0) is 0 Å². The molecule has 0 aromatic carbocycles. The topological polar surface area (TPSA) is 41.6 Å². The summed E-state index contributed by atoms with van der Waals surface area (Å²) < 4.78 is 0. The molecule has 3 heteroatoms. The van der Waals surface area contributed by atoms with Crippen LogP contribution in [0.3, 0.4) is 0 Å². The molecule has 70 valence electrons. The van der Waals surface area contributed by atoms with Crippen molar-refractivity contribution in [2.75, 3.05) is 13.6 Å². The van der Waals surface area contributed by atoms with Crippen LogP contribution in [0.4, 0.5) is 0 Å². The molecule has 1 unspecified atom stereocenters. The fourth-order valence-corrected chi connectivity index (χ4v) is 0.703. The molecule has 0 saturated carbocycles. The molecule has 0 rings (SSSR count). The highest BCUT2D eigenvalue weighted by molar-refractivity contribution is 5.55. The molecule has 0 fully saturated rings. The van der Waals surface area contributed by atoms with Gasteiger partial charge in [0.05, 0.1) is 6.34 Å². The fraction of sp³-hybridized carbons (Fsp3) is 0.667. The van der Waals surface area contributed by atoms with Crippen LogP contribution in [0.15, 0.2) is 17.3 Å². The van der Waals surface area contributed by atoms with E-state index in [4.69, 9.17) is 5.73 Å². The third-order valence-corrected chi connectivity index (χ3v) is 1.44. The number of allylic oxidation sites excluding steroid dienone is 1. The minimum absolute atomic E-state index is 0.266. The molecule has 12 heavy (non-hydrogen) atoms. The van der Waals surface area contributed by atoms with E-state index in [0.29, 0.717) is 0 Å². The van der Waals surface area contributed by atoms with Crippen molar-refractivity contribution in [3.8, 4) is 0 Å². The van der Waals surface area contributed by atoms with Crippen molar-refractivity contribution in [3.05, 3.63) is 12.3 Å². The Balaban J connectivity index is 3.51. The van der Waals surface area contributed by atoms with E-state index in [0.717, 1.165) is 13.0 Å². The minimum atomic E-state index is 0.266. The van der Waals surface area contributed by atoms with Gasteiger partial charge in [-0.05, 0) is 20.3 Å². The van der Waals surface area contributed by atoms with Gasteiger partial charge in [0.2, 0.25) is 0 Å². The second-order valence-corrected chi connectivity index (χ2v) is 2.99. The van der Waals surface area contributed by atoms with E-state index < -0.39 is 0 Å². The highest BCUT2D eigenvalue weighted by atomic mass is 15.1. The van der Waals surface area contributed by atoms with Crippen molar-refractivity contribution in [2.45, 2.75) is 26.3 Å². The molecule has 3 nitrogen and oxygen atoms in total. The Morgan fingerprint density at radius 2 is 2.25 bits per heavy atom. The van der Waals surface area contributed by atoms with E-state index in [1.54, 1.807) is 6.20 Å². The highest BCUT2D eigenvalue weighted by Crippen LogP contribution is 1.88. The zero-order valence-corrected chi connectivity index (χ0v) is 8.20. The minimum Gasteiger partial charge on any atom is -0.366 e. The predicted molar refractivity (Wildman–Crippen MR) is 54.2 cm³/mol. The smallest absolute Gasteiger partial charge is 0.0902 e. The molecule has 0 heterocycles. The van der Waals surface area contributed by atoms with E-state index in [2.05, 4.69) is 4.99 Å². The van der Waals surface area contributed by atoms with Crippen LogP contribution in [-0.4, -0.2) is 30.9 Å². The second kappa shape index (κ2) is 6.85. The maximum absolute atomic E-state index is 5.61. The Morgan fingerprint density at radius 1 is 1.58 bits per heavy atom. The lowest BCUT2D eigenvalue weighted by molar-refractivity contribution is 0.474. The van der Waals surface area contributed by atoms with Crippen LogP contribution in [0.25, 0.3) is 0 Å². The van der Waals surface area contributed by atoms with Crippen LogP contribution in [0.5, 0.6) is 0 Å². The van der Waals surface area contributed by atoms with Crippen LogP contribution in [0.1, 0.15) is 20.3 Å². The molecule has 0 aromatic rings. The van der Waals surface area contributed by atoms with Crippen molar-refractivity contribution >= 4 is 6.34 Å². The summed E-state index contributed by atoms with van der Waals surface area (Å²) >= 11 is 0. The molecular formula is C9H19N3. The Morgan fingerprint density at radius 3 is 2.75 bits per heavy atom. The summed E-state index contributed by atoms with van der Waals surface area (Å²) in [5.74, 6) is 0. The van der Waals surface area contributed by atoms with Gasteiger partial charge < -0.3 is 10.6 Å². The molecule has 0 aliphatic heterocycles. The Hall–Kier alpha value is -0.830. The summed E-state index contributed by atoms with van der Waals surface area (Å²) in [6, 6.07) is 0.266. The first-order valence-electron chi connectivity index (χ1n) is 4.27. The molecule has 1 atom stereocenters. The van der Waals surface area contributed by atoms with Gasteiger partial charge in [0, 0.05) is 25.8 Å². The number of hydrogen-bond donors (Lipinski definition) is 1. The summed E-state index contributed by atoms with van der Waals surface area (Å²) in [6.45, 7) is 4.91. The monoisotopic (exact) mass is 169 g/mol. The molecule has 0 aliphatic carbocycles. The maximum Gasteiger partial charge on any atom is 0.0902 e. The van der Waals surface area contributed by atoms with Gasteiger partial charge in [0.1, 0.15) is 0 Å². The number of nitrogens with zero attached hydrogens (tertiary/aromatic N) is 2. The third kappa shape index (κ3) is 7.28. The normalized spacial score (nSPS) is 14.3. The standard InChI is InChI=1S/C9H19N3/c1-4-6-11-8-12(3)7-5-9(2)10/h4,6,8-9H,5,7,10H2,1-3H3/b6-4+,11-8?. The number of hydrogen-bond acceptors (Lipinski definition) is 2. The average molecular weight is 169 g/mol. The largest absolute Gasteiger partial charge is 0.366 e. The zero-order valence-electron chi connectivity index (χ0n) is 8.20. The predicted octanol–water partition coefficient (Wildman–Crippen LogP) is 1.22. The van der Waals surface area contributed by atoms with Crippen molar-refractivity contribution < 1.29 is 0 Å². The van der Waals surface area contributed by atoms with Gasteiger partial charge in [-0.15, -0.1) is 0 Å². The maximum atomic E-state index is 5.61. The van der Waals surface area contributed by atoms with Gasteiger partial charge in [-0.3, -0.25) is 0 Å². The van der Waals surface area contributed by atoms with Gasteiger partial charge in [-0.25, -0.2) is 4.99 Å². The van der Waals surface area contributed by atoms with E-state index in [9.17, 15) is 0 Å². The Kier molecular flexibility index (Phi) is 6.38. The molecule has 0 amide bonds. The summed E-state index contributed by atoms with van der Waals surface area (Å²) in [5.41, 5.74) is 5.61. The van der Waals surface area contributed by atoms with Crippen LogP contribution in [0.2, 0.25) is 0 Å². The van der Waals surface area contributed by atoms with Gasteiger partial charge in [0.25, 0.3) is 0 Å². The molecule has 0 aromatic heterocycles. The van der Waals surface area contributed by atoms with Crippen molar-refractivity contribution in [1.29, 1.82) is 0 Å². The first-order valence-corrected chi connectivity index (χ1v) is 4.27. The van der Waals surface area contributed by atoms with E-state index in [-0.39, 0.29) is 6.04 Å². The molecule has 0 saturated heterocycles. The zero-order chi connectivity index (χ0) is 9.40. The number of aliphatic imine (C=N–C) groups is 1. The first kappa shape index (κ1) is 11.2. The summed E-state index contributed by atoms with van der Waals surface area (Å²) in [7, 11) is 2.00. The molecular weight excluding hydrogens is 150 g/mol. The van der Waals surface area contributed by atoms with Crippen LogP contribution in [0, 0.1) is 0 Å². The molecule has 0 aliphatic rings. The second-order valence-electron chi connectivity index (χ2n) is 2.99. The van der Waals surface area contributed by atoms with Gasteiger partial charge in [-0.1, -0.05) is 6.08 Å². The summed E-state index contributed by atoms with van der Waals surface area (Å²) in [5, 5.41) is 0. The van der Waals surface area contributed by atoms with Crippen molar-refractivity contribution in [3.63, 3.8) is 0 Å². The van der Waals surface area contributed by atoms with E-state index in [1.807, 2.05) is 38.2 Å². The van der Waals surface area contributed by atoms with Crippen LogP contribution >= 0.6 is 0 Å². The van der Waals surface area contributed by atoms with Gasteiger partial charge in [-0.2, -0.15) is 0 Å². The fourth-order valence-electron chi connectivity index (χ4n) is 0.703.